The highest BCUT2D eigenvalue weighted by Gasteiger charge is 2.38. The zero-order chi connectivity index (χ0) is 12.5. The van der Waals surface area contributed by atoms with Crippen molar-refractivity contribution < 1.29 is 0 Å². The molecule has 0 aromatic heterocycles. The predicted molar refractivity (Wildman–Crippen MR) is 73.0 cm³/mol. The number of rotatable bonds is 3. The van der Waals surface area contributed by atoms with Crippen LogP contribution in [0.25, 0.3) is 0 Å². The summed E-state index contributed by atoms with van der Waals surface area (Å²) in [6, 6.07) is 7.74. The summed E-state index contributed by atoms with van der Waals surface area (Å²) in [5, 5.41) is 12.4. The van der Waals surface area contributed by atoms with Gasteiger partial charge in [-0.15, -0.1) is 0 Å². The maximum atomic E-state index is 8.95. The Morgan fingerprint density at radius 2 is 2.22 bits per heavy atom. The van der Waals surface area contributed by atoms with Crippen LogP contribution in [0.4, 0.5) is 11.4 Å². The number of hydrogen-bond acceptors (Lipinski definition) is 3. The van der Waals surface area contributed by atoms with Gasteiger partial charge in [-0.25, -0.2) is 0 Å². The van der Waals surface area contributed by atoms with Gasteiger partial charge in [-0.1, -0.05) is 6.42 Å². The summed E-state index contributed by atoms with van der Waals surface area (Å²) < 4.78 is 0. The number of nitrogens with zero attached hydrogens (tertiary/aromatic N) is 1. The zero-order valence-corrected chi connectivity index (χ0v) is 10.5. The summed E-state index contributed by atoms with van der Waals surface area (Å²) in [5.41, 5.74) is 7.86. The number of nitrogens with one attached hydrogen (secondary N) is 1. The lowest BCUT2D eigenvalue weighted by atomic mass is 9.89. The molecule has 2 saturated carbocycles. The van der Waals surface area contributed by atoms with Gasteiger partial charge in [0.25, 0.3) is 0 Å². The van der Waals surface area contributed by atoms with E-state index in [4.69, 9.17) is 11.0 Å². The van der Waals surface area contributed by atoms with Crippen molar-refractivity contribution in [1.82, 2.24) is 0 Å². The fraction of sp³-hybridized carbons (Fsp3) is 0.533. The number of nitrogens with two attached hydrogens (primary N) is 1. The third-order valence-corrected chi connectivity index (χ3v) is 4.63. The fourth-order valence-corrected chi connectivity index (χ4v) is 3.64. The Bertz CT molecular complexity index is 489. The van der Waals surface area contributed by atoms with Gasteiger partial charge in [-0.05, 0) is 55.2 Å². The van der Waals surface area contributed by atoms with Crippen LogP contribution in [0.2, 0.25) is 0 Å². The molecule has 2 bridgehead atoms. The molecule has 0 spiro atoms. The Morgan fingerprint density at radius 3 is 2.89 bits per heavy atom. The van der Waals surface area contributed by atoms with Gasteiger partial charge in [0.05, 0.1) is 5.56 Å². The van der Waals surface area contributed by atoms with E-state index in [9.17, 15) is 0 Å². The molecule has 1 aromatic carbocycles. The minimum absolute atomic E-state index is 0.558. The highest BCUT2D eigenvalue weighted by Crippen LogP contribution is 2.48. The van der Waals surface area contributed by atoms with E-state index in [0.717, 1.165) is 30.0 Å². The minimum Gasteiger partial charge on any atom is -0.398 e. The van der Waals surface area contributed by atoms with E-state index in [-0.39, 0.29) is 0 Å². The second-order valence-corrected chi connectivity index (χ2v) is 5.73. The first-order chi connectivity index (χ1) is 8.76. The lowest BCUT2D eigenvalue weighted by Gasteiger charge is -2.22. The molecule has 2 aliphatic rings. The molecule has 0 radical (unpaired) electrons. The monoisotopic (exact) mass is 241 g/mol. The Labute approximate surface area is 108 Å². The molecule has 2 fully saturated rings. The quantitative estimate of drug-likeness (QED) is 0.800. The van der Waals surface area contributed by atoms with Crippen LogP contribution >= 0.6 is 0 Å². The third-order valence-electron chi connectivity index (χ3n) is 4.63. The maximum Gasteiger partial charge on any atom is 0.101 e. The summed E-state index contributed by atoms with van der Waals surface area (Å²) >= 11 is 0. The molecular weight excluding hydrogens is 222 g/mol. The number of nitrogen functional groups attached to an aromatic ring is 1. The average Bonchev–Trinajstić information content (AvgIpc) is 3.00. The van der Waals surface area contributed by atoms with Gasteiger partial charge in [-0.2, -0.15) is 5.26 Å². The second kappa shape index (κ2) is 4.53. The van der Waals surface area contributed by atoms with Crippen molar-refractivity contribution in [2.24, 2.45) is 17.8 Å². The molecule has 0 heterocycles. The molecule has 0 saturated heterocycles. The molecule has 2 aliphatic carbocycles. The number of hydrogen-bond donors (Lipinski definition) is 2. The summed E-state index contributed by atoms with van der Waals surface area (Å²) in [4.78, 5) is 0. The van der Waals surface area contributed by atoms with Gasteiger partial charge in [0.15, 0.2) is 0 Å². The first kappa shape index (κ1) is 11.4. The van der Waals surface area contributed by atoms with E-state index >= 15 is 0 Å². The Kier molecular flexibility index (Phi) is 2.87. The third kappa shape index (κ3) is 2.03. The molecule has 3 nitrogen and oxygen atoms in total. The summed E-state index contributed by atoms with van der Waals surface area (Å²) in [7, 11) is 0. The second-order valence-electron chi connectivity index (χ2n) is 5.73. The largest absolute Gasteiger partial charge is 0.398 e. The number of anilines is 2. The standard InChI is InChI=1S/C15H19N3/c16-8-12-7-14(3-4-15(12)17)18-9-13-6-10-1-2-11(13)5-10/h3-4,7,10-11,13,18H,1-2,5-6,9,17H2. The molecule has 3 unspecified atom stereocenters. The molecule has 0 amide bonds. The fourth-order valence-electron chi connectivity index (χ4n) is 3.64. The molecular formula is C15H19N3. The number of nitriles is 1. The Morgan fingerprint density at radius 1 is 1.33 bits per heavy atom. The van der Waals surface area contributed by atoms with Gasteiger partial charge in [-0.3, -0.25) is 0 Å². The summed E-state index contributed by atoms with van der Waals surface area (Å²) in [6.45, 7) is 1.04. The lowest BCUT2D eigenvalue weighted by molar-refractivity contribution is 0.348. The smallest absolute Gasteiger partial charge is 0.101 e. The number of fused-ring (bicyclic) bond motifs is 2. The van der Waals surface area contributed by atoms with Crippen LogP contribution in [0.5, 0.6) is 0 Å². The highest BCUT2D eigenvalue weighted by atomic mass is 14.9. The van der Waals surface area contributed by atoms with Gasteiger partial charge in [0.2, 0.25) is 0 Å². The molecule has 18 heavy (non-hydrogen) atoms. The van der Waals surface area contributed by atoms with Crippen LogP contribution in [-0.2, 0) is 0 Å². The van der Waals surface area contributed by atoms with Gasteiger partial charge >= 0.3 is 0 Å². The van der Waals surface area contributed by atoms with Gasteiger partial charge in [0, 0.05) is 17.9 Å². The van der Waals surface area contributed by atoms with Crippen molar-refractivity contribution in [1.29, 1.82) is 5.26 Å². The van der Waals surface area contributed by atoms with Crippen LogP contribution in [0.1, 0.15) is 31.2 Å². The highest BCUT2D eigenvalue weighted by molar-refractivity contribution is 5.61. The van der Waals surface area contributed by atoms with Crippen LogP contribution < -0.4 is 11.1 Å². The first-order valence-corrected chi connectivity index (χ1v) is 6.79. The molecule has 3 heteroatoms. The zero-order valence-electron chi connectivity index (χ0n) is 10.5. The molecule has 3 atom stereocenters. The van der Waals surface area contributed by atoms with Crippen LogP contribution in [-0.4, -0.2) is 6.54 Å². The summed E-state index contributed by atoms with van der Waals surface area (Å²) in [6.07, 6.45) is 5.69. The van der Waals surface area contributed by atoms with Crippen LogP contribution in [0.3, 0.4) is 0 Å². The molecule has 1 aromatic rings. The van der Waals surface area contributed by atoms with Crippen molar-refractivity contribution in [3.8, 4) is 6.07 Å². The van der Waals surface area contributed by atoms with Gasteiger partial charge < -0.3 is 11.1 Å². The normalized spacial score (nSPS) is 29.2. The molecule has 0 aliphatic heterocycles. The van der Waals surface area contributed by atoms with E-state index in [0.29, 0.717) is 11.3 Å². The van der Waals surface area contributed by atoms with Crippen molar-refractivity contribution in [3.63, 3.8) is 0 Å². The van der Waals surface area contributed by atoms with Crippen LogP contribution in [0, 0.1) is 29.1 Å². The molecule has 3 rings (SSSR count). The van der Waals surface area contributed by atoms with E-state index in [2.05, 4.69) is 11.4 Å². The van der Waals surface area contributed by atoms with Crippen LogP contribution in [0.15, 0.2) is 18.2 Å². The first-order valence-electron chi connectivity index (χ1n) is 6.79. The predicted octanol–water partition coefficient (Wildman–Crippen LogP) is 2.99. The van der Waals surface area contributed by atoms with E-state index in [1.807, 2.05) is 18.2 Å². The Hall–Kier alpha value is -1.69. The molecule has 3 N–H and O–H groups in total. The molecule has 94 valence electrons. The van der Waals surface area contributed by atoms with E-state index in [1.54, 1.807) is 0 Å². The lowest BCUT2D eigenvalue weighted by Crippen LogP contribution is -2.20. The van der Waals surface area contributed by atoms with Crippen molar-refractivity contribution >= 4 is 11.4 Å². The van der Waals surface area contributed by atoms with Crippen molar-refractivity contribution in [2.75, 3.05) is 17.6 Å². The number of benzene rings is 1. The SMILES string of the molecule is N#Cc1cc(NCC2CC3CCC2C3)ccc1N. The average molecular weight is 241 g/mol. The van der Waals surface area contributed by atoms with Gasteiger partial charge in [0.1, 0.15) is 6.07 Å². The minimum atomic E-state index is 0.558. The van der Waals surface area contributed by atoms with Crippen molar-refractivity contribution in [2.45, 2.75) is 25.7 Å². The summed E-state index contributed by atoms with van der Waals surface area (Å²) in [5.74, 6) is 2.75. The maximum absolute atomic E-state index is 8.95. The topological polar surface area (TPSA) is 61.8 Å². The van der Waals surface area contributed by atoms with E-state index < -0.39 is 0 Å². The van der Waals surface area contributed by atoms with Crippen molar-refractivity contribution in [3.05, 3.63) is 23.8 Å². The Balaban J connectivity index is 1.62. The van der Waals surface area contributed by atoms with E-state index in [1.165, 1.54) is 25.7 Å².